The number of hydrogen-bond donors (Lipinski definition) is 2. The van der Waals surface area contributed by atoms with E-state index in [9.17, 15) is 4.79 Å². The van der Waals surface area contributed by atoms with Crippen LogP contribution in [0.15, 0.2) is 0 Å². The molecule has 0 radical (unpaired) electrons. The molecule has 15 heavy (non-hydrogen) atoms. The number of nitrogens with one attached hydrogen (secondary N) is 1. The summed E-state index contributed by atoms with van der Waals surface area (Å²) in [5.41, 5.74) is 5.71. The lowest BCUT2D eigenvalue weighted by Gasteiger charge is -2.24. The Kier molecular flexibility index (Phi) is 5.09. The van der Waals surface area contributed by atoms with Crippen LogP contribution in [0, 0.1) is 5.92 Å². The molecule has 0 aliphatic heterocycles. The van der Waals surface area contributed by atoms with Gasteiger partial charge in [0.25, 0.3) is 0 Å². The third kappa shape index (κ3) is 3.82. The van der Waals surface area contributed by atoms with Gasteiger partial charge in [-0.05, 0) is 25.2 Å². The molecule has 0 aromatic rings. The molecule has 0 aromatic heterocycles. The van der Waals surface area contributed by atoms with Crippen LogP contribution >= 0.6 is 0 Å². The van der Waals surface area contributed by atoms with Crippen molar-refractivity contribution in [2.24, 2.45) is 11.7 Å². The predicted molar refractivity (Wildman–Crippen MR) is 62.4 cm³/mol. The number of nitrogens with two attached hydrogens (primary N) is 1. The van der Waals surface area contributed by atoms with Gasteiger partial charge >= 0.3 is 0 Å². The van der Waals surface area contributed by atoms with E-state index in [0.29, 0.717) is 18.4 Å². The Morgan fingerprint density at radius 2 is 2.07 bits per heavy atom. The summed E-state index contributed by atoms with van der Waals surface area (Å²) < 4.78 is 0. The van der Waals surface area contributed by atoms with E-state index in [1.165, 1.54) is 25.7 Å². The lowest BCUT2D eigenvalue weighted by molar-refractivity contribution is -0.123. The summed E-state index contributed by atoms with van der Waals surface area (Å²) in [5.74, 6) is 0.622. The zero-order valence-electron chi connectivity index (χ0n) is 9.96. The van der Waals surface area contributed by atoms with Crippen LogP contribution < -0.4 is 11.1 Å². The molecule has 1 aliphatic rings. The van der Waals surface area contributed by atoms with E-state index in [2.05, 4.69) is 12.2 Å². The van der Waals surface area contributed by atoms with Crippen LogP contribution in [-0.4, -0.2) is 18.0 Å². The van der Waals surface area contributed by atoms with Crippen molar-refractivity contribution in [2.75, 3.05) is 0 Å². The average Bonchev–Trinajstić information content (AvgIpc) is 2.43. The molecule has 1 aliphatic carbocycles. The van der Waals surface area contributed by atoms with Crippen LogP contribution in [0.25, 0.3) is 0 Å². The fraction of sp³-hybridized carbons (Fsp3) is 0.917. The van der Waals surface area contributed by atoms with Crippen molar-refractivity contribution in [3.8, 4) is 0 Å². The van der Waals surface area contributed by atoms with E-state index in [-0.39, 0.29) is 11.9 Å². The van der Waals surface area contributed by atoms with Gasteiger partial charge in [0.1, 0.15) is 0 Å². The lowest BCUT2D eigenvalue weighted by Crippen LogP contribution is -2.47. The normalized spacial score (nSPS) is 29.3. The number of carbonyl (C=O) groups is 1. The average molecular weight is 212 g/mol. The number of hydrogen-bond acceptors (Lipinski definition) is 2. The molecule has 2 unspecified atom stereocenters. The second-order valence-electron chi connectivity index (χ2n) is 4.75. The minimum atomic E-state index is -0.333. The van der Waals surface area contributed by atoms with Crippen molar-refractivity contribution in [3.63, 3.8) is 0 Å². The van der Waals surface area contributed by atoms with Gasteiger partial charge in [-0.1, -0.05) is 33.1 Å². The van der Waals surface area contributed by atoms with Gasteiger partial charge in [0.15, 0.2) is 0 Å². The predicted octanol–water partition coefficient (Wildman–Crippen LogP) is 1.81. The van der Waals surface area contributed by atoms with E-state index in [4.69, 9.17) is 5.73 Å². The highest BCUT2D eigenvalue weighted by Crippen LogP contribution is 2.22. The molecule has 1 saturated carbocycles. The molecular formula is C12H24N2O. The Bertz CT molecular complexity index is 206. The van der Waals surface area contributed by atoms with Crippen molar-refractivity contribution < 1.29 is 4.79 Å². The second-order valence-corrected chi connectivity index (χ2v) is 4.75. The highest BCUT2D eigenvalue weighted by atomic mass is 16.2. The van der Waals surface area contributed by atoms with Crippen LogP contribution in [0.3, 0.4) is 0 Å². The maximum atomic E-state index is 11.7. The summed E-state index contributed by atoms with van der Waals surface area (Å²) in [5, 5.41) is 3.10. The van der Waals surface area contributed by atoms with E-state index >= 15 is 0 Å². The van der Waals surface area contributed by atoms with E-state index in [1.54, 1.807) is 0 Å². The highest BCUT2D eigenvalue weighted by Gasteiger charge is 2.23. The maximum absolute atomic E-state index is 11.7. The van der Waals surface area contributed by atoms with Crippen molar-refractivity contribution in [3.05, 3.63) is 0 Å². The molecule has 3 atom stereocenters. The molecule has 3 nitrogen and oxygen atoms in total. The third-order valence-electron chi connectivity index (χ3n) is 3.47. The van der Waals surface area contributed by atoms with Crippen LogP contribution in [0.4, 0.5) is 0 Å². The van der Waals surface area contributed by atoms with Crippen molar-refractivity contribution in [1.82, 2.24) is 5.32 Å². The zero-order chi connectivity index (χ0) is 11.3. The van der Waals surface area contributed by atoms with Gasteiger partial charge in [-0.2, -0.15) is 0 Å². The molecule has 3 heteroatoms. The summed E-state index contributed by atoms with van der Waals surface area (Å²) in [6.45, 7) is 4.18. The van der Waals surface area contributed by atoms with Crippen LogP contribution in [-0.2, 0) is 4.79 Å². The first-order valence-electron chi connectivity index (χ1n) is 6.21. The van der Waals surface area contributed by atoms with Gasteiger partial charge in [-0.3, -0.25) is 4.79 Å². The first kappa shape index (κ1) is 12.5. The smallest absolute Gasteiger partial charge is 0.237 e. The summed E-state index contributed by atoms with van der Waals surface area (Å²) in [4.78, 5) is 11.7. The molecule has 1 rings (SSSR count). The van der Waals surface area contributed by atoms with Crippen LogP contribution in [0.5, 0.6) is 0 Å². The SMILES string of the molecule is CC[C@H](N)C(=O)NC1CCCCCC1C. The monoisotopic (exact) mass is 212 g/mol. The van der Waals surface area contributed by atoms with Crippen molar-refractivity contribution in [1.29, 1.82) is 0 Å². The van der Waals surface area contributed by atoms with Crippen LogP contribution in [0.2, 0.25) is 0 Å². The van der Waals surface area contributed by atoms with Gasteiger partial charge in [0, 0.05) is 6.04 Å². The first-order valence-corrected chi connectivity index (χ1v) is 6.21. The van der Waals surface area contributed by atoms with Gasteiger partial charge < -0.3 is 11.1 Å². The Balaban J connectivity index is 2.44. The fourth-order valence-electron chi connectivity index (χ4n) is 2.18. The third-order valence-corrected chi connectivity index (χ3v) is 3.47. The minimum Gasteiger partial charge on any atom is -0.352 e. The summed E-state index contributed by atoms with van der Waals surface area (Å²) >= 11 is 0. The first-order chi connectivity index (χ1) is 7.15. The van der Waals surface area contributed by atoms with Gasteiger partial charge in [-0.25, -0.2) is 0 Å². The zero-order valence-corrected chi connectivity index (χ0v) is 9.96. The number of carbonyl (C=O) groups excluding carboxylic acids is 1. The van der Waals surface area contributed by atoms with Gasteiger partial charge in [-0.15, -0.1) is 0 Å². The quantitative estimate of drug-likeness (QED) is 0.701. The minimum absolute atomic E-state index is 0.0243. The molecule has 0 saturated heterocycles. The standard InChI is InChI=1S/C12H24N2O/c1-3-10(13)12(15)14-11-8-6-4-5-7-9(11)2/h9-11H,3-8,13H2,1-2H3,(H,14,15)/t9?,10-,11?/m0/s1. The van der Waals surface area contributed by atoms with Crippen molar-refractivity contribution in [2.45, 2.75) is 64.5 Å². The highest BCUT2D eigenvalue weighted by molar-refractivity contribution is 5.81. The molecular weight excluding hydrogens is 188 g/mol. The molecule has 3 N–H and O–H groups in total. The summed E-state index contributed by atoms with van der Waals surface area (Å²) in [6, 6.07) is 0.0121. The molecule has 88 valence electrons. The Hall–Kier alpha value is -0.570. The Morgan fingerprint density at radius 3 is 2.73 bits per heavy atom. The van der Waals surface area contributed by atoms with Crippen molar-refractivity contribution >= 4 is 5.91 Å². The fourth-order valence-corrected chi connectivity index (χ4v) is 2.18. The van der Waals surface area contributed by atoms with E-state index in [0.717, 1.165) is 6.42 Å². The molecule has 0 bridgehead atoms. The molecule has 0 heterocycles. The van der Waals surface area contributed by atoms with Crippen LogP contribution in [0.1, 0.15) is 52.4 Å². The summed E-state index contributed by atoms with van der Waals surface area (Å²) in [6.07, 6.45) is 6.89. The number of amides is 1. The molecule has 1 fully saturated rings. The molecule has 0 spiro atoms. The topological polar surface area (TPSA) is 55.1 Å². The van der Waals surface area contributed by atoms with Gasteiger partial charge in [0.2, 0.25) is 5.91 Å². The Morgan fingerprint density at radius 1 is 1.40 bits per heavy atom. The van der Waals surface area contributed by atoms with Gasteiger partial charge in [0.05, 0.1) is 6.04 Å². The Labute approximate surface area is 92.8 Å². The molecule has 1 amide bonds. The lowest BCUT2D eigenvalue weighted by atomic mass is 9.96. The largest absolute Gasteiger partial charge is 0.352 e. The van der Waals surface area contributed by atoms with E-state index < -0.39 is 0 Å². The second kappa shape index (κ2) is 6.11. The number of rotatable bonds is 3. The molecule has 0 aromatic carbocycles. The van der Waals surface area contributed by atoms with E-state index in [1.807, 2.05) is 6.92 Å². The summed E-state index contributed by atoms with van der Waals surface area (Å²) in [7, 11) is 0. The maximum Gasteiger partial charge on any atom is 0.237 e.